The van der Waals surface area contributed by atoms with Crippen LogP contribution in [0.5, 0.6) is 0 Å². The molecule has 0 spiro atoms. The number of unbranched alkanes of at least 4 members (excludes halogenated alkanes) is 1. The number of guanidine groups is 1. The smallest absolute Gasteiger partial charge is 0.191 e. The van der Waals surface area contributed by atoms with Crippen molar-refractivity contribution in [2.45, 2.75) is 12.8 Å². The molecule has 1 aliphatic rings. The van der Waals surface area contributed by atoms with E-state index in [-0.39, 0.29) is 0 Å². The lowest BCUT2D eigenvalue weighted by molar-refractivity contribution is 0.750. The Balaban J connectivity index is 2.15. The van der Waals surface area contributed by atoms with Crippen LogP contribution in [0.4, 0.5) is 0 Å². The van der Waals surface area contributed by atoms with E-state index in [0.29, 0.717) is 0 Å². The number of hydrogen-bond acceptors (Lipinski definition) is 3. The lowest BCUT2D eigenvalue weighted by atomic mass is 10.3. The molecule has 13 heavy (non-hydrogen) atoms. The minimum absolute atomic E-state index is 0.727. The lowest BCUT2D eigenvalue weighted by Crippen LogP contribution is -2.41. The van der Waals surface area contributed by atoms with Crippen LogP contribution >= 0.6 is 0 Å². The molecule has 0 saturated heterocycles. The van der Waals surface area contributed by atoms with Gasteiger partial charge in [0.15, 0.2) is 5.96 Å². The van der Waals surface area contributed by atoms with Crippen molar-refractivity contribution in [3.63, 3.8) is 0 Å². The highest BCUT2D eigenvalue weighted by atomic mass is 15.2. The molecule has 0 aliphatic carbocycles. The molecule has 0 fully saturated rings. The van der Waals surface area contributed by atoms with Crippen molar-refractivity contribution >= 4 is 5.96 Å². The largest absolute Gasteiger partial charge is 0.356 e. The highest BCUT2D eigenvalue weighted by Gasteiger charge is 2.04. The molecule has 1 aliphatic heterocycles. The fourth-order valence-electron chi connectivity index (χ4n) is 1.03. The van der Waals surface area contributed by atoms with Crippen molar-refractivity contribution in [3.8, 4) is 12.3 Å². The summed E-state index contributed by atoms with van der Waals surface area (Å²) in [5.41, 5.74) is 1.12. The van der Waals surface area contributed by atoms with Gasteiger partial charge in [0, 0.05) is 19.5 Å². The van der Waals surface area contributed by atoms with Gasteiger partial charge in [0.2, 0.25) is 0 Å². The van der Waals surface area contributed by atoms with Gasteiger partial charge >= 0.3 is 0 Å². The molecule has 3 nitrogen and oxygen atoms in total. The second-order valence-electron chi connectivity index (χ2n) is 3.00. The van der Waals surface area contributed by atoms with Gasteiger partial charge < -0.3 is 10.6 Å². The first-order chi connectivity index (χ1) is 6.33. The third-order valence-corrected chi connectivity index (χ3v) is 1.76. The molecule has 0 atom stereocenters. The van der Waals surface area contributed by atoms with Gasteiger partial charge in [-0.3, -0.25) is 0 Å². The second-order valence-corrected chi connectivity index (χ2v) is 3.00. The van der Waals surface area contributed by atoms with Gasteiger partial charge in [-0.15, -0.1) is 12.3 Å². The number of hydrogen-bond donors (Lipinski definition) is 2. The maximum Gasteiger partial charge on any atom is 0.191 e. The summed E-state index contributed by atoms with van der Waals surface area (Å²) < 4.78 is 0. The van der Waals surface area contributed by atoms with E-state index in [1.54, 1.807) is 0 Å². The Bertz CT molecular complexity index is 247. The fraction of sp³-hybridized carbons (Fsp3) is 0.500. The summed E-state index contributed by atoms with van der Waals surface area (Å²) in [6, 6.07) is 0. The zero-order valence-corrected chi connectivity index (χ0v) is 7.77. The van der Waals surface area contributed by atoms with Crippen LogP contribution in [-0.4, -0.2) is 25.6 Å². The van der Waals surface area contributed by atoms with Crippen LogP contribution in [0.1, 0.15) is 12.8 Å². The number of aliphatic imine (C=N–C) groups is 1. The Morgan fingerprint density at radius 2 is 2.54 bits per heavy atom. The Hall–Kier alpha value is -1.43. The van der Waals surface area contributed by atoms with E-state index in [9.17, 15) is 0 Å². The molecule has 70 valence electrons. The molecule has 0 radical (unpaired) electrons. The molecule has 0 aromatic heterocycles. The van der Waals surface area contributed by atoms with Gasteiger partial charge in [-0.1, -0.05) is 6.58 Å². The average molecular weight is 177 g/mol. The predicted octanol–water partition coefficient (Wildman–Crippen LogP) is 0.505. The summed E-state index contributed by atoms with van der Waals surface area (Å²) in [5, 5.41) is 6.31. The van der Waals surface area contributed by atoms with Crippen LogP contribution in [0, 0.1) is 12.3 Å². The molecule has 0 aromatic rings. The molecule has 1 rings (SSSR count). The van der Waals surface area contributed by atoms with Crippen molar-refractivity contribution in [1.82, 2.24) is 10.6 Å². The topological polar surface area (TPSA) is 36.4 Å². The van der Waals surface area contributed by atoms with E-state index in [0.717, 1.165) is 44.0 Å². The van der Waals surface area contributed by atoms with Crippen molar-refractivity contribution in [1.29, 1.82) is 0 Å². The summed E-state index contributed by atoms with van der Waals surface area (Å²) in [6.07, 6.45) is 6.93. The zero-order chi connectivity index (χ0) is 9.52. The van der Waals surface area contributed by atoms with Crippen LogP contribution in [0.15, 0.2) is 17.1 Å². The standard InChI is InChI=1S/C10H15N3/c1-3-4-5-6-11-10-12-7-9(2)8-13-10/h1H,2,4-8H2,(H2,11,12,13). The molecule has 0 aromatic carbocycles. The summed E-state index contributed by atoms with van der Waals surface area (Å²) in [5.74, 6) is 3.46. The summed E-state index contributed by atoms with van der Waals surface area (Å²) in [6.45, 7) is 6.26. The maximum absolute atomic E-state index is 5.13. The quantitative estimate of drug-likeness (QED) is 0.374. The first-order valence-corrected chi connectivity index (χ1v) is 4.45. The van der Waals surface area contributed by atoms with E-state index in [1.807, 2.05) is 0 Å². The lowest BCUT2D eigenvalue weighted by Gasteiger charge is -2.17. The van der Waals surface area contributed by atoms with Gasteiger partial charge in [-0.2, -0.15) is 0 Å². The summed E-state index contributed by atoms with van der Waals surface area (Å²) in [4.78, 5) is 4.25. The Morgan fingerprint density at radius 3 is 3.15 bits per heavy atom. The molecule has 2 N–H and O–H groups in total. The van der Waals surface area contributed by atoms with Gasteiger partial charge in [-0.05, 0) is 12.0 Å². The minimum Gasteiger partial charge on any atom is -0.356 e. The zero-order valence-electron chi connectivity index (χ0n) is 7.77. The number of rotatable bonds is 3. The van der Waals surface area contributed by atoms with Crippen molar-refractivity contribution in [3.05, 3.63) is 12.2 Å². The van der Waals surface area contributed by atoms with Crippen molar-refractivity contribution in [2.75, 3.05) is 19.6 Å². The Morgan fingerprint density at radius 1 is 1.69 bits per heavy atom. The van der Waals surface area contributed by atoms with Crippen LogP contribution < -0.4 is 10.6 Å². The van der Waals surface area contributed by atoms with E-state index in [4.69, 9.17) is 6.42 Å². The SMILES string of the molecule is C#CCCCNC1=NCC(=C)CN1. The average Bonchev–Trinajstić information content (AvgIpc) is 2.15. The Labute approximate surface area is 79.3 Å². The molecule has 0 unspecified atom stereocenters. The molecule has 1 heterocycles. The highest BCUT2D eigenvalue weighted by molar-refractivity contribution is 5.81. The fourth-order valence-corrected chi connectivity index (χ4v) is 1.03. The van der Waals surface area contributed by atoms with Crippen LogP contribution in [0.3, 0.4) is 0 Å². The monoisotopic (exact) mass is 177 g/mol. The highest BCUT2D eigenvalue weighted by Crippen LogP contribution is 1.94. The van der Waals surface area contributed by atoms with Gasteiger partial charge in [0.25, 0.3) is 0 Å². The van der Waals surface area contributed by atoms with E-state index in [2.05, 4.69) is 28.1 Å². The summed E-state index contributed by atoms with van der Waals surface area (Å²) in [7, 11) is 0. The van der Waals surface area contributed by atoms with E-state index < -0.39 is 0 Å². The third kappa shape index (κ3) is 3.66. The van der Waals surface area contributed by atoms with Crippen LogP contribution in [0.2, 0.25) is 0 Å². The predicted molar refractivity (Wildman–Crippen MR) is 55.5 cm³/mol. The number of nitrogens with one attached hydrogen (secondary N) is 2. The molecular weight excluding hydrogens is 162 g/mol. The van der Waals surface area contributed by atoms with E-state index in [1.165, 1.54) is 0 Å². The number of nitrogens with zero attached hydrogens (tertiary/aromatic N) is 1. The first kappa shape index (κ1) is 9.66. The first-order valence-electron chi connectivity index (χ1n) is 4.45. The Kier molecular flexibility index (Phi) is 3.90. The number of terminal acetylenes is 1. The van der Waals surface area contributed by atoms with Crippen LogP contribution in [-0.2, 0) is 0 Å². The van der Waals surface area contributed by atoms with Crippen molar-refractivity contribution < 1.29 is 0 Å². The van der Waals surface area contributed by atoms with Gasteiger partial charge in [0.1, 0.15) is 0 Å². The van der Waals surface area contributed by atoms with E-state index >= 15 is 0 Å². The molecule has 0 bridgehead atoms. The second kappa shape index (κ2) is 5.26. The minimum atomic E-state index is 0.727. The molecule has 0 saturated carbocycles. The molecular formula is C10H15N3. The normalized spacial score (nSPS) is 15.6. The molecule has 3 heteroatoms. The molecule has 0 amide bonds. The van der Waals surface area contributed by atoms with Gasteiger partial charge in [0.05, 0.1) is 6.54 Å². The van der Waals surface area contributed by atoms with Crippen molar-refractivity contribution in [2.24, 2.45) is 4.99 Å². The van der Waals surface area contributed by atoms with Gasteiger partial charge in [-0.25, -0.2) is 4.99 Å². The third-order valence-electron chi connectivity index (χ3n) is 1.76. The maximum atomic E-state index is 5.13. The van der Waals surface area contributed by atoms with Crippen LogP contribution in [0.25, 0.3) is 0 Å². The summed E-state index contributed by atoms with van der Waals surface area (Å²) >= 11 is 0.